The van der Waals surface area contributed by atoms with Gasteiger partial charge in [0.15, 0.2) is 0 Å². The molecule has 0 aliphatic carbocycles. The summed E-state index contributed by atoms with van der Waals surface area (Å²) in [6, 6.07) is 4.63. The Hall–Kier alpha value is -1.32. The average Bonchev–Trinajstić information content (AvgIpc) is 2.37. The lowest BCUT2D eigenvalue weighted by Crippen LogP contribution is -2.23. The molecule has 1 aromatic rings. The maximum Gasteiger partial charge on any atom is 0.265 e. The van der Waals surface area contributed by atoms with Crippen LogP contribution in [0, 0.1) is 5.41 Å². The van der Waals surface area contributed by atoms with Gasteiger partial charge in [0.05, 0.1) is 0 Å². The van der Waals surface area contributed by atoms with Crippen LogP contribution in [0.1, 0.15) is 58.4 Å². The van der Waals surface area contributed by atoms with Crippen molar-refractivity contribution in [3.63, 3.8) is 0 Å². The molecular weight excluding hydrogens is 258 g/mol. The molecule has 4 heteroatoms. The number of halogens is 2. The highest BCUT2D eigenvalue weighted by Crippen LogP contribution is 2.31. The molecule has 0 bridgehead atoms. The number of nitrogen functional groups attached to an aromatic ring is 1. The lowest BCUT2D eigenvalue weighted by molar-refractivity contribution is 0.152. The van der Waals surface area contributed by atoms with Gasteiger partial charge >= 0.3 is 0 Å². The third-order valence-corrected chi connectivity index (χ3v) is 3.53. The van der Waals surface area contributed by atoms with Gasteiger partial charge in [0.1, 0.15) is 0 Å². The Labute approximate surface area is 120 Å². The van der Waals surface area contributed by atoms with E-state index in [-0.39, 0.29) is 11.0 Å². The summed E-state index contributed by atoms with van der Waals surface area (Å²) in [6.45, 7) is 7.18. The van der Waals surface area contributed by atoms with E-state index in [9.17, 15) is 8.78 Å². The van der Waals surface area contributed by atoms with Gasteiger partial charge in [-0.15, -0.1) is 0 Å². The zero-order valence-electron chi connectivity index (χ0n) is 12.7. The van der Waals surface area contributed by atoms with Gasteiger partial charge in [-0.2, -0.15) is 0 Å². The number of nitrogens with two attached hydrogens (primary N) is 1. The highest BCUT2D eigenvalue weighted by atomic mass is 19.3. The summed E-state index contributed by atoms with van der Waals surface area (Å²) in [5.74, 6) is 0. The molecule has 0 aliphatic heterocycles. The predicted molar refractivity (Wildman–Crippen MR) is 82.2 cm³/mol. The van der Waals surface area contributed by atoms with E-state index in [0.717, 1.165) is 6.42 Å². The van der Waals surface area contributed by atoms with Gasteiger partial charge in [0.25, 0.3) is 6.43 Å². The smallest absolute Gasteiger partial charge is 0.265 e. The summed E-state index contributed by atoms with van der Waals surface area (Å²) >= 11 is 0. The Morgan fingerprint density at radius 2 is 1.95 bits per heavy atom. The van der Waals surface area contributed by atoms with Crippen molar-refractivity contribution in [2.24, 2.45) is 5.41 Å². The monoisotopic (exact) mass is 284 g/mol. The van der Waals surface area contributed by atoms with Crippen molar-refractivity contribution < 1.29 is 8.78 Å². The highest BCUT2D eigenvalue weighted by molar-refractivity contribution is 5.58. The van der Waals surface area contributed by atoms with Crippen molar-refractivity contribution >= 4 is 11.4 Å². The average molecular weight is 284 g/mol. The lowest BCUT2D eigenvalue weighted by Gasteiger charge is -2.26. The Kier molecular flexibility index (Phi) is 6.24. The molecule has 3 N–H and O–H groups in total. The molecule has 0 amide bonds. The Bertz CT molecular complexity index is 417. The van der Waals surface area contributed by atoms with Crippen LogP contribution in [0.25, 0.3) is 0 Å². The molecule has 0 atom stereocenters. The maximum atomic E-state index is 13.0. The van der Waals surface area contributed by atoms with E-state index in [1.54, 1.807) is 12.1 Å². The summed E-state index contributed by atoms with van der Waals surface area (Å²) in [7, 11) is 0. The largest absolute Gasteiger partial charge is 0.399 e. The topological polar surface area (TPSA) is 38.0 Å². The summed E-state index contributed by atoms with van der Waals surface area (Å²) in [5, 5.41) is 3.15. The Balaban J connectivity index is 2.64. The quantitative estimate of drug-likeness (QED) is 0.507. The summed E-state index contributed by atoms with van der Waals surface area (Å²) in [5.41, 5.74) is 6.49. The zero-order valence-corrected chi connectivity index (χ0v) is 12.7. The molecule has 0 saturated heterocycles. The normalized spacial score (nSPS) is 11.9. The van der Waals surface area contributed by atoms with E-state index in [1.165, 1.54) is 25.3 Å². The first-order chi connectivity index (χ1) is 9.35. The van der Waals surface area contributed by atoms with E-state index in [1.807, 2.05) is 0 Å². The van der Waals surface area contributed by atoms with Crippen molar-refractivity contribution in [2.75, 3.05) is 17.6 Å². The third-order valence-electron chi connectivity index (χ3n) is 3.53. The molecule has 0 fully saturated rings. The van der Waals surface area contributed by atoms with Crippen LogP contribution in [0.3, 0.4) is 0 Å². The van der Waals surface area contributed by atoms with Crippen LogP contribution in [-0.2, 0) is 0 Å². The fraction of sp³-hybridized carbons (Fsp3) is 0.625. The van der Waals surface area contributed by atoms with Crippen LogP contribution in [0.5, 0.6) is 0 Å². The predicted octanol–water partition coefficient (Wildman–Crippen LogP) is 5.22. The third kappa shape index (κ3) is 5.35. The second-order valence-electron chi connectivity index (χ2n) is 6.12. The van der Waals surface area contributed by atoms with Crippen molar-refractivity contribution in [2.45, 2.75) is 52.9 Å². The number of hydrogen-bond donors (Lipinski definition) is 2. The molecule has 0 unspecified atom stereocenters. The minimum Gasteiger partial charge on any atom is -0.399 e. The summed E-state index contributed by atoms with van der Waals surface area (Å²) < 4.78 is 26.0. The fourth-order valence-corrected chi connectivity index (χ4v) is 2.20. The van der Waals surface area contributed by atoms with Gasteiger partial charge in [-0.1, -0.05) is 40.0 Å². The van der Waals surface area contributed by atoms with Gasteiger partial charge in [-0.25, -0.2) is 8.78 Å². The van der Waals surface area contributed by atoms with Gasteiger partial charge in [-0.3, -0.25) is 0 Å². The second-order valence-corrected chi connectivity index (χ2v) is 6.12. The molecule has 20 heavy (non-hydrogen) atoms. The first kappa shape index (κ1) is 16.7. The maximum absolute atomic E-state index is 13.0. The number of unbranched alkanes of at least 4 members (excludes halogenated alkanes) is 2. The minimum absolute atomic E-state index is 0.0191. The van der Waals surface area contributed by atoms with Crippen LogP contribution >= 0.6 is 0 Å². The van der Waals surface area contributed by atoms with E-state index in [0.29, 0.717) is 17.9 Å². The Morgan fingerprint density at radius 3 is 2.55 bits per heavy atom. The number of hydrogen-bond acceptors (Lipinski definition) is 2. The standard InChI is InChI=1S/C16H26F2N2/c1-4-5-6-9-16(2,3)11-20-14-8-7-12(19)10-13(14)15(17)18/h7-8,10,15,20H,4-6,9,11,19H2,1-3H3. The van der Waals surface area contributed by atoms with Gasteiger partial charge in [0, 0.05) is 23.5 Å². The molecule has 2 nitrogen and oxygen atoms in total. The molecule has 1 rings (SSSR count). The van der Waals surface area contributed by atoms with Crippen LogP contribution < -0.4 is 11.1 Å². The van der Waals surface area contributed by atoms with Crippen molar-refractivity contribution in [1.29, 1.82) is 0 Å². The van der Waals surface area contributed by atoms with E-state index >= 15 is 0 Å². The highest BCUT2D eigenvalue weighted by Gasteiger charge is 2.19. The number of rotatable bonds is 8. The van der Waals surface area contributed by atoms with E-state index in [2.05, 4.69) is 26.1 Å². The molecule has 0 heterocycles. The van der Waals surface area contributed by atoms with Crippen LogP contribution in [-0.4, -0.2) is 6.54 Å². The minimum atomic E-state index is -2.51. The SMILES string of the molecule is CCCCCC(C)(C)CNc1ccc(N)cc1C(F)F. The van der Waals surface area contributed by atoms with Crippen molar-refractivity contribution in [3.05, 3.63) is 23.8 Å². The summed E-state index contributed by atoms with van der Waals surface area (Å²) in [6.07, 6.45) is 2.16. The van der Waals surface area contributed by atoms with E-state index in [4.69, 9.17) is 5.73 Å². The van der Waals surface area contributed by atoms with Crippen molar-refractivity contribution in [3.8, 4) is 0 Å². The molecule has 0 radical (unpaired) electrons. The van der Waals surface area contributed by atoms with Crippen molar-refractivity contribution in [1.82, 2.24) is 0 Å². The molecule has 1 aromatic carbocycles. The first-order valence-corrected chi connectivity index (χ1v) is 7.27. The summed E-state index contributed by atoms with van der Waals surface area (Å²) in [4.78, 5) is 0. The fourth-order valence-electron chi connectivity index (χ4n) is 2.20. The molecular formula is C16H26F2N2. The number of alkyl halides is 2. The lowest BCUT2D eigenvalue weighted by atomic mass is 9.86. The van der Waals surface area contributed by atoms with Crippen LogP contribution in [0.2, 0.25) is 0 Å². The molecule has 0 aromatic heterocycles. The number of benzene rings is 1. The van der Waals surface area contributed by atoms with Gasteiger partial charge < -0.3 is 11.1 Å². The van der Waals surface area contributed by atoms with Crippen LogP contribution in [0.4, 0.5) is 20.2 Å². The Morgan fingerprint density at radius 1 is 1.25 bits per heavy atom. The van der Waals surface area contributed by atoms with E-state index < -0.39 is 6.43 Å². The molecule has 114 valence electrons. The number of anilines is 2. The second kappa shape index (κ2) is 7.46. The molecule has 0 saturated carbocycles. The molecule has 0 aliphatic rings. The van der Waals surface area contributed by atoms with Gasteiger partial charge in [0.2, 0.25) is 0 Å². The first-order valence-electron chi connectivity index (χ1n) is 7.27. The number of nitrogens with one attached hydrogen (secondary N) is 1. The molecule has 0 spiro atoms. The zero-order chi connectivity index (χ0) is 15.2. The van der Waals surface area contributed by atoms with Crippen LogP contribution in [0.15, 0.2) is 18.2 Å². The van der Waals surface area contributed by atoms with Gasteiger partial charge in [-0.05, 0) is 30.0 Å².